The van der Waals surface area contributed by atoms with Gasteiger partial charge in [-0.2, -0.15) is 0 Å². The van der Waals surface area contributed by atoms with Gasteiger partial charge in [-0.05, 0) is 34.9 Å². The molecule has 0 atom stereocenters. The van der Waals surface area contributed by atoms with Crippen LogP contribution in [0.15, 0.2) is 83.3 Å². The number of nitrogens with one attached hydrogen (secondary N) is 1. The second-order valence-corrected chi connectivity index (χ2v) is 6.40. The molecular formula is C21H18BrNO2. The van der Waals surface area contributed by atoms with Gasteiger partial charge in [-0.3, -0.25) is 4.79 Å². The van der Waals surface area contributed by atoms with Gasteiger partial charge < -0.3 is 10.1 Å². The molecule has 0 bridgehead atoms. The maximum atomic E-state index is 11.9. The highest BCUT2D eigenvalue weighted by Gasteiger charge is 2.05. The van der Waals surface area contributed by atoms with Crippen LogP contribution in [-0.2, 0) is 11.3 Å². The van der Waals surface area contributed by atoms with Crippen LogP contribution in [0.4, 0.5) is 0 Å². The first kappa shape index (κ1) is 17.2. The number of carbonyl (C=O) groups is 1. The Hall–Kier alpha value is -2.59. The maximum Gasteiger partial charge on any atom is 0.258 e. The number of amides is 1. The molecule has 3 aromatic carbocycles. The molecule has 4 heteroatoms. The van der Waals surface area contributed by atoms with Crippen molar-refractivity contribution < 1.29 is 9.53 Å². The zero-order valence-electron chi connectivity index (χ0n) is 13.6. The molecule has 0 aliphatic heterocycles. The van der Waals surface area contributed by atoms with E-state index < -0.39 is 0 Å². The molecule has 0 heterocycles. The van der Waals surface area contributed by atoms with Gasteiger partial charge in [0, 0.05) is 11.0 Å². The van der Waals surface area contributed by atoms with Gasteiger partial charge in [0.05, 0.1) is 0 Å². The fraction of sp³-hybridized carbons (Fsp3) is 0.0952. The Morgan fingerprint density at radius 3 is 2.20 bits per heavy atom. The third-order valence-electron chi connectivity index (χ3n) is 3.77. The van der Waals surface area contributed by atoms with Crippen molar-refractivity contribution in [1.82, 2.24) is 5.32 Å². The van der Waals surface area contributed by atoms with Crippen molar-refractivity contribution in [1.29, 1.82) is 0 Å². The lowest BCUT2D eigenvalue weighted by Crippen LogP contribution is -2.28. The van der Waals surface area contributed by atoms with E-state index in [0.29, 0.717) is 12.3 Å². The summed E-state index contributed by atoms with van der Waals surface area (Å²) in [7, 11) is 0. The largest absolute Gasteiger partial charge is 0.484 e. The molecule has 0 unspecified atom stereocenters. The van der Waals surface area contributed by atoms with Crippen LogP contribution in [0, 0.1) is 0 Å². The average molecular weight is 396 g/mol. The van der Waals surface area contributed by atoms with Gasteiger partial charge in [0.15, 0.2) is 6.61 Å². The molecule has 0 aromatic heterocycles. The van der Waals surface area contributed by atoms with E-state index in [-0.39, 0.29) is 12.5 Å². The predicted octanol–water partition coefficient (Wildman–Crippen LogP) is 4.81. The van der Waals surface area contributed by atoms with Gasteiger partial charge in [-0.25, -0.2) is 0 Å². The fourth-order valence-electron chi connectivity index (χ4n) is 2.41. The number of carbonyl (C=O) groups excluding carboxylic acids is 1. The van der Waals surface area contributed by atoms with Crippen molar-refractivity contribution >= 4 is 21.8 Å². The summed E-state index contributed by atoms with van der Waals surface area (Å²) in [4.78, 5) is 11.9. The Labute approximate surface area is 155 Å². The summed E-state index contributed by atoms with van der Waals surface area (Å²) in [6.07, 6.45) is 0. The number of ether oxygens (including phenoxy) is 1. The van der Waals surface area contributed by atoms with E-state index >= 15 is 0 Å². The predicted molar refractivity (Wildman–Crippen MR) is 103 cm³/mol. The monoisotopic (exact) mass is 395 g/mol. The Morgan fingerprint density at radius 2 is 1.48 bits per heavy atom. The van der Waals surface area contributed by atoms with Crippen LogP contribution in [0.5, 0.6) is 5.75 Å². The molecule has 0 saturated heterocycles. The van der Waals surface area contributed by atoms with Crippen LogP contribution in [0.1, 0.15) is 5.56 Å². The van der Waals surface area contributed by atoms with Crippen LogP contribution in [-0.4, -0.2) is 12.5 Å². The number of hydrogen-bond acceptors (Lipinski definition) is 2. The number of halogens is 1. The summed E-state index contributed by atoms with van der Waals surface area (Å²) in [5.74, 6) is 0.526. The smallest absolute Gasteiger partial charge is 0.258 e. The van der Waals surface area contributed by atoms with Gasteiger partial charge in [0.2, 0.25) is 0 Å². The topological polar surface area (TPSA) is 38.3 Å². The second-order valence-electron chi connectivity index (χ2n) is 5.55. The highest BCUT2D eigenvalue weighted by Crippen LogP contribution is 2.22. The minimum absolute atomic E-state index is 0.00483. The fourth-order valence-corrected chi connectivity index (χ4v) is 2.83. The van der Waals surface area contributed by atoms with Crippen LogP contribution in [0.25, 0.3) is 11.1 Å². The lowest BCUT2D eigenvalue weighted by molar-refractivity contribution is -0.123. The Balaban J connectivity index is 1.50. The zero-order chi connectivity index (χ0) is 17.5. The lowest BCUT2D eigenvalue weighted by Gasteiger charge is -2.09. The van der Waals surface area contributed by atoms with E-state index in [1.165, 1.54) is 0 Å². The van der Waals surface area contributed by atoms with Gasteiger partial charge in [0.25, 0.3) is 5.91 Å². The molecule has 0 spiro atoms. The van der Waals surface area contributed by atoms with Crippen molar-refractivity contribution in [2.45, 2.75) is 6.54 Å². The van der Waals surface area contributed by atoms with E-state index in [2.05, 4.69) is 33.4 Å². The van der Waals surface area contributed by atoms with Crippen molar-refractivity contribution in [2.24, 2.45) is 0 Å². The molecule has 0 saturated carbocycles. The van der Waals surface area contributed by atoms with Gasteiger partial charge in [0.1, 0.15) is 5.75 Å². The molecule has 3 aromatic rings. The summed E-state index contributed by atoms with van der Waals surface area (Å²) in [5.41, 5.74) is 3.30. The van der Waals surface area contributed by atoms with E-state index in [9.17, 15) is 4.79 Å². The first-order chi connectivity index (χ1) is 12.2. The SMILES string of the molecule is O=C(COc1ccc(-c2ccccc2)cc1)NCc1ccccc1Br. The molecule has 3 rings (SSSR count). The summed E-state index contributed by atoms with van der Waals surface area (Å²) < 4.78 is 6.53. The van der Waals surface area contributed by atoms with Crippen LogP contribution >= 0.6 is 15.9 Å². The normalized spacial score (nSPS) is 10.3. The third-order valence-corrected chi connectivity index (χ3v) is 4.54. The van der Waals surface area contributed by atoms with E-state index in [4.69, 9.17) is 4.74 Å². The molecule has 1 N–H and O–H groups in total. The molecule has 3 nitrogen and oxygen atoms in total. The zero-order valence-corrected chi connectivity index (χ0v) is 15.2. The van der Waals surface area contributed by atoms with E-state index in [0.717, 1.165) is 21.2 Å². The van der Waals surface area contributed by atoms with Crippen molar-refractivity contribution in [3.63, 3.8) is 0 Å². The highest BCUT2D eigenvalue weighted by molar-refractivity contribution is 9.10. The molecular weight excluding hydrogens is 378 g/mol. The van der Waals surface area contributed by atoms with Gasteiger partial charge in [-0.15, -0.1) is 0 Å². The van der Waals surface area contributed by atoms with Crippen LogP contribution in [0.2, 0.25) is 0 Å². The van der Waals surface area contributed by atoms with Gasteiger partial charge >= 0.3 is 0 Å². The van der Waals surface area contributed by atoms with E-state index in [1.54, 1.807) is 0 Å². The van der Waals surface area contributed by atoms with E-state index in [1.807, 2.05) is 66.7 Å². The molecule has 0 aliphatic carbocycles. The number of rotatable bonds is 6. The minimum atomic E-state index is -0.150. The Bertz CT molecular complexity index is 832. The molecule has 126 valence electrons. The lowest BCUT2D eigenvalue weighted by atomic mass is 10.1. The van der Waals surface area contributed by atoms with Crippen LogP contribution < -0.4 is 10.1 Å². The number of hydrogen-bond donors (Lipinski definition) is 1. The second kappa shape index (κ2) is 8.49. The maximum absolute atomic E-state index is 11.9. The Kier molecular flexibility index (Phi) is 5.86. The molecule has 0 aliphatic rings. The molecule has 1 amide bonds. The summed E-state index contributed by atoms with van der Waals surface area (Å²) >= 11 is 3.47. The summed E-state index contributed by atoms with van der Waals surface area (Å²) in [5, 5.41) is 2.85. The standard InChI is InChI=1S/C21H18BrNO2/c22-20-9-5-4-8-18(20)14-23-21(24)15-25-19-12-10-17(11-13-19)16-6-2-1-3-7-16/h1-13H,14-15H2,(H,23,24). The van der Waals surface area contributed by atoms with Gasteiger partial charge in [-0.1, -0.05) is 76.6 Å². The van der Waals surface area contributed by atoms with Crippen molar-refractivity contribution in [2.75, 3.05) is 6.61 Å². The average Bonchev–Trinajstić information content (AvgIpc) is 2.67. The highest BCUT2D eigenvalue weighted by atomic mass is 79.9. The quantitative estimate of drug-likeness (QED) is 0.650. The van der Waals surface area contributed by atoms with Crippen molar-refractivity contribution in [3.8, 4) is 16.9 Å². The molecule has 25 heavy (non-hydrogen) atoms. The summed E-state index contributed by atoms with van der Waals surface area (Å²) in [6.45, 7) is 0.464. The first-order valence-electron chi connectivity index (χ1n) is 8.01. The molecule has 0 fully saturated rings. The minimum Gasteiger partial charge on any atom is -0.484 e. The van der Waals surface area contributed by atoms with Crippen LogP contribution in [0.3, 0.4) is 0 Å². The molecule has 0 radical (unpaired) electrons. The third kappa shape index (κ3) is 4.94. The first-order valence-corrected chi connectivity index (χ1v) is 8.80. The summed E-state index contributed by atoms with van der Waals surface area (Å²) in [6, 6.07) is 25.7. The number of benzene rings is 3. The Morgan fingerprint density at radius 1 is 0.840 bits per heavy atom. The van der Waals surface area contributed by atoms with Crippen molar-refractivity contribution in [3.05, 3.63) is 88.9 Å².